The fourth-order valence-corrected chi connectivity index (χ4v) is 2.55. The fourth-order valence-electron chi connectivity index (χ4n) is 2.55. The van der Waals surface area contributed by atoms with Crippen molar-refractivity contribution in [2.75, 3.05) is 25.5 Å². The van der Waals surface area contributed by atoms with E-state index in [9.17, 15) is 4.39 Å². The van der Waals surface area contributed by atoms with E-state index in [-0.39, 0.29) is 5.82 Å². The average molecular weight is 287 g/mol. The molecule has 1 aliphatic heterocycles. The van der Waals surface area contributed by atoms with Gasteiger partial charge in [-0.05, 0) is 45.1 Å². The third-order valence-corrected chi connectivity index (χ3v) is 3.78. The molecule has 1 fully saturated rings. The van der Waals surface area contributed by atoms with Crippen LogP contribution in [0.1, 0.15) is 24.5 Å². The first-order chi connectivity index (χ1) is 10.2. The van der Waals surface area contributed by atoms with Crippen LogP contribution in [0.3, 0.4) is 0 Å². The summed E-state index contributed by atoms with van der Waals surface area (Å²) in [4.78, 5) is 15.1. The van der Waals surface area contributed by atoms with Crippen LogP contribution in [0.5, 0.6) is 0 Å². The van der Waals surface area contributed by atoms with Crippen molar-refractivity contribution in [3.8, 4) is 0 Å². The molecular weight excluding hydrogens is 269 g/mol. The molecule has 0 bridgehead atoms. The Kier molecular flexibility index (Phi) is 4.06. The van der Waals surface area contributed by atoms with Crippen molar-refractivity contribution in [3.05, 3.63) is 42.1 Å². The van der Waals surface area contributed by atoms with Crippen LogP contribution in [0.2, 0.25) is 0 Å². The first kappa shape index (κ1) is 13.9. The number of likely N-dealkylation sites (tertiary alicyclic amines) is 1. The monoisotopic (exact) mass is 287 g/mol. The van der Waals surface area contributed by atoms with Crippen molar-refractivity contribution < 1.29 is 4.39 Å². The van der Waals surface area contributed by atoms with Gasteiger partial charge in [-0.1, -0.05) is 0 Å². The second kappa shape index (κ2) is 6.13. The smallest absolute Gasteiger partial charge is 0.228 e. The van der Waals surface area contributed by atoms with Gasteiger partial charge < -0.3 is 10.2 Å². The van der Waals surface area contributed by atoms with Gasteiger partial charge in [0.25, 0.3) is 0 Å². The van der Waals surface area contributed by atoms with Gasteiger partial charge in [-0.2, -0.15) is 0 Å². The molecule has 2 aromatic rings. The highest BCUT2D eigenvalue weighted by Crippen LogP contribution is 2.26. The molecule has 6 heteroatoms. The van der Waals surface area contributed by atoms with Crippen molar-refractivity contribution in [2.24, 2.45) is 0 Å². The number of hydrogen-bond donors (Lipinski definition) is 1. The first-order valence-corrected chi connectivity index (χ1v) is 7.11. The molecule has 2 aromatic heterocycles. The molecule has 1 aliphatic rings. The molecule has 110 valence electrons. The number of rotatable bonds is 3. The van der Waals surface area contributed by atoms with E-state index in [1.54, 1.807) is 6.20 Å². The molecular formula is C15H18FN5. The van der Waals surface area contributed by atoms with Crippen molar-refractivity contribution in [2.45, 2.75) is 18.8 Å². The van der Waals surface area contributed by atoms with Crippen LogP contribution in [-0.4, -0.2) is 40.0 Å². The van der Waals surface area contributed by atoms with E-state index in [4.69, 9.17) is 0 Å². The lowest BCUT2D eigenvalue weighted by atomic mass is 9.94. The van der Waals surface area contributed by atoms with Gasteiger partial charge in [0.1, 0.15) is 11.6 Å². The third-order valence-electron chi connectivity index (χ3n) is 3.78. The molecule has 0 atom stereocenters. The maximum Gasteiger partial charge on any atom is 0.228 e. The Morgan fingerprint density at radius 2 is 1.95 bits per heavy atom. The van der Waals surface area contributed by atoms with Crippen molar-refractivity contribution in [1.82, 2.24) is 19.9 Å². The number of pyridine rings is 1. The van der Waals surface area contributed by atoms with Gasteiger partial charge in [0.15, 0.2) is 0 Å². The number of halogens is 1. The molecule has 3 heterocycles. The lowest BCUT2D eigenvalue weighted by molar-refractivity contribution is 0.253. The molecule has 0 saturated carbocycles. The Balaban J connectivity index is 1.74. The molecule has 0 aromatic carbocycles. The quantitative estimate of drug-likeness (QED) is 0.940. The molecule has 0 radical (unpaired) electrons. The van der Waals surface area contributed by atoms with Crippen LogP contribution in [0.15, 0.2) is 30.6 Å². The van der Waals surface area contributed by atoms with Gasteiger partial charge in [0.05, 0.1) is 0 Å². The molecule has 3 rings (SSSR count). The standard InChI is InChI=1S/C15H18FN5/c1-21-8-4-11(5-9-21)13-3-7-18-15(19-13)20-14-10-12(16)2-6-17-14/h2-3,6-7,10-11H,4-5,8-9H2,1H3,(H,17,18,19,20). The van der Waals surface area contributed by atoms with Gasteiger partial charge in [-0.15, -0.1) is 0 Å². The summed E-state index contributed by atoms with van der Waals surface area (Å²) in [7, 11) is 2.14. The average Bonchev–Trinajstić information content (AvgIpc) is 2.48. The minimum atomic E-state index is -0.334. The van der Waals surface area contributed by atoms with Crippen LogP contribution in [0, 0.1) is 5.82 Å². The van der Waals surface area contributed by atoms with Gasteiger partial charge in [-0.25, -0.2) is 19.3 Å². The topological polar surface area (TPSA) is 53.9 Å². The van der Waals surface area contributed by atoms with Crippen molar-refractivity contribution in [1.29, 1.82) is 0 Å². The highest BCUT2D eigenvalue weighted by atomic mass is 19.1. The normalized spacial score (nSPS) is 16.9. The molecule has 0 aliphatic carbocycles. The van der Waals surface area contributed by atoms with Crippen LogP contribution >= 0.6 is 0 Å². The number of piperidine rings is 1. The molecule has 21 heavy (non-hydrogen) atoms. The summed E-state index contributed by atoms with van der Waals surface area (Å²) in [6, 6.07) is 4.59. The molecule has 0 amide bonds. The van der Waals surface area contributed by atoms with E-state index < -0.39 is 0 Å². The van der Waals surface area contributed by atoms with Gasteiger partial charge in [0, 0.05) is 30.1 Å². The summed E-state index contributed by atoms with van der Waals surface area (Å²) in [6.45, 7) is 2.17. The number of nitrogens with zero attached hydrogens (tertiary/aromatic N) is 4. The van der Waals surface area contributed by atoms with Gasteiger partial charge in [0.2, 0.25) is 5.95 Å². The Morgan fingerprint density at radius 1 is 1.19 bits per heavy atom. The highest BCUT2D eigenvalue weighted by molar-refractivity contribution is 5.47. The summed E-state index contributed by atoms with van der Waals surface area (Å²) in [5.41, 5.74) is 1.04. The van der Waals surface area contributed by atoms with Crippen LogP contribution in [-0.2, 0) is 0 Å². The summed E-state index contributed by atoms with van der Waals surface area (Å²) in [5.74, 6) is 1.00. The zero-order chi connectivity index (χ0) is 14.7. The second-order valence-corrected chi connectivity index (χ2v) is 5.37. The van der Waals surface area contributed by atoms with Gasteiger partial charge >= 0.3 is 0 Å². The largest absolute Gasteiger partial charge is 0.309 e. The second-order valence-electron chi connectivity index (χ2n) is 5.37. The van der Waals surface area contributed by atoms with E-state index in [1.165, 1.54) is 18.3 Å². The van der Waals surface area contributed by atoms with Gasteiger partial charge in [-0.3, -0.25) is 0 Å². The van der Waals surface area contributed by atoms with Crippen LogP contribution < -0.4 is 5.32 Å². The molecule has 1 N–H and O–H groups in total. The number of aromatic nitrogens is 3. The fraction of sp³-hybridized carbons (Fsp3) is 0.400. The zero-order valence-electron chi connectivity index (χ0n) is 12.0. The first-order valence-electron chi connectivity index (χ1n) is 7.11. The third kappa shape index (κ3) is 3.52. The summed E-state index contributed by atoms with van der Waals surface area (Å²) in [6.07, 6.45) is 5.36. The predicted molar refractivity (Wildman–Crippen MR) is 79.0 cm³/mol. The Morgan fingerprint density at radius 3 is 2.71 bits per heavy atom. The minimum absolute atomic E-state index is 0.334. The molecule has 0 spiro atoms. The summed E-state index contributed by atoms with van der Waals surface area (Å²) < 4.78 is 13.2. The molecule has 5 nitrogen and oxygen atoms in total. The van der Waals surface area contributed by atoms with E-state index in [2.05, 4.69) is 32.2 Å². The predicted octanol–water partition coefficient (Wildman–Crippen LogP) is 2.56. The summed E-state index contributed by atoms with van der Waals surface area (Å²) >= 11 is 0. The van der Waals surface area contributed by atoms with E-state index in [0.29, 0.717) is 17.7 Å². The highest BCUT2D eigenvalue weighted by Gasteiger charge is 2.19. The van der Waals surface area contributed by atoms with E-state index in [1.807, 2.05) is 6.07 Å². The lowest BCUT2D eigenvalue weighted by Gasteiger charge is -2.28. The van der Waals surface area contributed by atoms with Crippen molar-refractivity contribution in [3.63, 3.8) is 0 Å². The Hall–Kier alpha value is -2.08. The number of nitrogens with one attached hydrogen (secondary N) is 1. The van der Waals surface area contributed by atoms with E-state index >= 15 is 0 Å². The molecule has 0 unspecified atom stereocenters. The zero-order valence-corrected chi connectivity index (χ0v) is 12.0. The van der Waals surface area contributed by atoms with Crippen molar-refractivity contribution >= 4 is 11.8 Å². The Bertz CT molecular complexity index is 611. The number of hydrogen-bond acceptors (Lipinski definition) is 5. The van der Waals surface area contributed by atoms with E-state index in [0.717, 1.165) is 31.6 Å². The molecule has 1 saturated heterocycles. The SMILES string of the molecule is CN1CCC(c2ccnc(Nc3cc(F)ccn3)n2)CC1. The van der Waals surface area contributed by atoms with Crippen LogP contribution in [0.25, 0.3) is 0 Å². The Labute approximate surface area is 123 Å². The lowest BCUT2D eigenvalue weighted by Crippen LogP contribution is -2.29. The maximum atomic E-state index is 13.2. The summed E-state index contributed by atoms with van der Waals surface area (Å²) in [5, 5.41) is 2.95. The minimum Gasteiger partial charge on any atom is -0.309 e. The van der Waals surface area contributed by atoms with Crippen LogP contribution in [0.4, 0.5) is 16.2 Å². The number of anilines is 2. The maximum absolute atomic E-state index is 13.2.